The topological polar surface area (TPSA) is 66.3 Å². The van der Waals surface area contributed by atoms with Crippen molar-refractivity contribution in [2.24, 2.45) is 5.92 Å². The highest BCUT2D eigenvalue weighted by molar-refractivity contribution is 6.18. The molecule has 1 radical (unpaired) electrons. The number of hydrogen-bond donors (Lipinski definition) is 0. The molecule has 2 rings (SSSR count). The van der Waals surface area contributed by atoms with Crippen molar-refractivity contribution in [3.8, 4) is 0 Å². The summed E-state index contributed by atoms with van der Waals surface area (Å²) < 4.78 is 5.11. The molecule has 1 heterocycles. The van der Waals surface area contributed by atoms with Crippen molar-refractivity contribution in [2.45, 2.75) is 39.2 Å². The molecule has 0 N–H and O–H groups in total. The molecule has 0 aliphatic carbocycles. The fourth-order valence-electron chi connectivity index (χ4n) is 2.25. The average molecular weight is 289 g/mol. The van der Waals surface area contributed by atoms with Crippen molar-refractivity contribution in [1.82, 2.24) is 4.90 Å². The van der Waals surface area contributed by atoms with Crippen molar-refractivity contribution in [2.75, 3.05) is 0 Å². The van der Waals surface area contributed by atoms with Crippen molar-refractivity contribution in [3.63, 3.8) is 0 Å². The lowest BCUT2D eigenvalue weighted by molar-refractivity contribution is -0.131. The Balaban J connectivity index is 2.08. The lowest BCUT2D eigenvalue weighted by Gasteiger charge is -2.16. The predicted molar refractivity (Wildman–Crippen MR) is 76.6 cm³/mol. The zero-order chi connectivity index (χ0) is 15.6. The first-order valence-corrected chi connectivity index (χ1v) is 6.91. The van der Waals surface area contributed by atoms with Gasteiger partial charge in [0, 0.05) is 0 Å². The quantitative estimate of drug-likeness (QED) is 0.619. The maximum absolute atomic E-state index is 12.3. The van der Waals surface area contributed by atoms with Gasteiger partial charge >= 0.3 is 17.9 Å². The number of ether oxygens (including phenoxy) is 1. The van der Waals surface area contributed by atoms with Crippen LogP contribution in [0.5, 0.6) is 0 Å². The van der Waals surface area contributed by atoms with Gasteiger partial charge in [0.15, 0.2) is 0 Å². The van der Waals surface area contributed by atoms with Crippen LogP contribution >= 0.6 is 0 Å². The van der Waals surface area contributed by atoms with Crippen LogP contribution in [0.25, 0.3) is 0 Å². The van der Waals surface area contributed by atoms with Crippen LogP contribution in [0, 0.1) is 5.92 Å². The van der Waals surface area contributed by atoms with Gasteiger partial charge in [-0.2, -0.15) is 4.79 Å². The smallest absolute Gasteiger partial charge is 0.410 e. The van der Waals surface area contributed by atoms with Gasteiger partial charge in [-0.15, -0.1) is 0 Å². The monoisotopic (exact) mass is 289 g/mol. The number of benzene rings is 1. The van der Waals surface area contributed by atoms with E-state index < -0.39 is 29.4 Å². The largest absolute Gasteiger partial charge is 0.584 e. The number of carbonyl (C=O) groups is 3. The standard InChI is InChI=1S/C16H19NO4/c1-16(2,3)21-15(20)17-13(18)10-12(14(17)19)9-11-7-5-4-6-8-11/h4-8,12H,9-10H2,1-3H3/q+1. The Kier molecular flexibility index (Phi) is 4.23. The molecular formula is C16H19NO4+. The highest BCUT2D eigenvalue weighted by Crippen LogP contribution is 2.23. The van der Waals surface area contributed by atoms with Gasteiger partial charge < -0.3 is 4.74 Å². The zero-order valence-corrected chi connectivity index (χ0v) is 12.5. The van der Waals surface area contributed by atoms with E-state index >= 15 is 0 Å². The Labute approximate surface area is 123 Å². The molecule has 111 valence electrons. The molecule has 3 amide bonds. The molecule has 5 nitrogen and oxygen atoms in total. The molecule has 1 unspecified atom stereocenters. The van der Waals surface area contributed by atoms with Gasteiger partial charge in [-0.3, -0.25) is 0 Å². The number of nitrogens with zero attached hydrogens (tertiary/aromatic N) is 1. The molecular weight excluding hydrogens is 270 g/mol. The summed E-state index contributed by atoms with van der Waals surface area (Å²) in [6.07, 6.45) is -0.384. The fraction of sp³-hybridized carbons (Fsp3) is 0.438. The van der Waals surface area contributed by atoms with E-state index in [1.165, 1.54) is 0 Å². The molecule has 0 bridgehead atoms. The summed E-state index contributed by atoms with van der Waals surface area (Å²) in [4.78, 5) is 36.7. The third kappa shape index (κ3) is 3.76. The number of hydrogen-bond acceptors (Lipinski definition) is 4. The SMILES string of the molecule is CC(C)(C)OC(=O)[N+]1C(=O)CC(Cc2ccccc2)C1=O. The summed E-state index contributed by atoms with van der Waals surface area (Å²) >= 11 is 0. The van der Waals surface area contributed by atoms with E-state index in [-0.39, 0.29) is 6.42 Å². The molecule has 21 heavy (non-hydrogen) atoms. The Morgan fingerprint density at radius 1 is 1.24 bits per heavy atom. The lowest BCUT2D eigenvalue weighted by Crippen LogP contribution is -2.45. The summed E-state index contributed by atoms with van der Waals surface area (Å²) in [5, 5.41) is 0. The van der Waals surface area contributed by atoms with E-state index in [4.69, 9.17) is 4.74 Å². The molecule has 1 aromatic carbocycles. The minimum atomic E-state index is -0.881. The van der Waals surface area contributed by atoms with Crippen molar-refractivity contribution in [1.29, 1.82) is 0 Å². The van der Waals surface area contributed by atoms with Crippen molar-refractivity contribution < 1.29 is 19.1 Å². The minimum Gasteiger partial charge on any atom is -0.410 e. The highest BCUT2D eigenvalue weighted by Gasteiger charge is 2.56. The van der Waals surface area contributed by atoms with Crippen molar-refractivity contribution in [3.05, 3.63) is 35.9 Å². The second-order valence-corrected chi connectivity index (χ2v) is 6.14. The van der Waals surface area contributed by atoms with E-state index in [0.717, 1.165) is 5.56 Å². The van der Waals surface area contributed by atoms with Crippen LogP contribution in [0.1, 0.15) is 32.8 Å². The highest BCUT2D eigenvalue weighted by atomic mass is 16.6. The van der Waals surface area contributed by atoms with E-state index in [2.05, 4.69) is 0 Å². The normalized spacial score (nSPS) is 19.9. The maximum atomic E-state index is 12.3. The van der Waals surface area contributed by atoms with Crippen LogP contribution in [-0.2, 0) is 20.7 Å². The number of rotatable bonds is 2. The number of imide groups is 3. The van der Waals surface area contributed by atoms with E-state index in [1.54, 1.807) is 20.8 Å². The summed E-state index contributed by atoms with van der Waals surface area (Å²) in [6.45, 7) is 5.08. The fourth-order valence-corrected chi connectivity index (χ4v) is 2.25. The van der Waals surface area contributed by atoms with Crippen LogP contribution in [0.2, 0.25) is 0 Å². The lowest BCUT2D eigenvalue weighted by atomic mass is 9.98. The maximum Gasteiger partial charge on any atom is 0.584 e. The van der Waals surface area contributed by atoms with Gasteiger partial charge in [-0.05, 0) is 32.8 Å². The third-order valence-corrected chi connectivity index (χ3v) is 3.14. The molecule has 1 aliphatic heterocycles. The van der Waals surface area contributed by atoms with E-state index in [1.807, 2.05) is 30.3 Å². The zero-order valence-electron chi connectivity index (χ0n) is 12.5. The van der Waals surface area contributed by atoms with Gasteiger partial charge in [0.25, 0.3) is 0 Å². The Morgan fingerprint density at radius 2 is 1.86 bits per heavy atom. The van der Waals surface area contributed by atoms with Crippen LogP contribution in [0.3, 0.4) is 0 Å². The second kappa shape index (κ2) is 5.77. The Bertz CT molecular complexity index is 559. The van der Waals surface area contributed by atoms with Crippen molar-refractivity contribution >= 4 is 17.9 Å². The Morgan fingerprint density at radius 3 is 2.43 bits per heavy atom. The minimum absolute atomic E-state index is 0.0486. The molecule has 5 heteroatoms. The Hall–Kier alpha value is -2.01. The van der Waals surface area contributed by atoms with Crippen LogP contribution in [0.15, 0.2) is 30.3 Å². The van der Waals surface area contributed by atoms with Gasteiger partial charge in [-0.25, -0.2) is 9.59 Å². The van der Waals surface area contributed by atoms with Gasteiger partial charge in [0.2, 0.25) is 0 Å². The number of carbonyl (C=O) groups excluding carboxylic acids is 3. The molecule has 1 aliphatic rings. The van der Waals surface area contributed by atoms with Gasteiger partial charge in [0.1, 0.15) is 5.60 Å². The van der Waals surface area contributed by atoms with Crippen LogP contribution in [0.4, 0.5) is 4.79 Å². The first kappa shape index (κ1) is 15.4. The summed E-state index contributed by atoms with van der Waals surface area (Å²) in [5.41, 5.74) is 0.226. The first-order valence-electron chi connectivity index (χ1n) is 6.91. The third-order valence-electron chi connectivity index (χ3n) is 3.14. The first-order chi connectivity index (χ1) is 9.78. The molecule has 0 aromatic heterocycles. The molecule has 1 saturated heterocycles. The summed E-state index contributed by atoms with van der Waals surface area (Å²) in [6, 6.07) is 9.43. The predicted octanol–water partition coefficient (Wildman–Crippen LogP) is 2.38. The number of likely N-dealkylation sites (tertiary alicyclic amines) is 1. The molecule has 0 spiro atoms. The summed E-state index contributed by atoms with van der Waals surface area (Å²) in [5.74, 6) is -1.46. The van der Waals surface area contributed by atoms with E-state index in [0.29, 0.717) is 11.3 Å². The average Bonchev–Trinajstić information content (AvgIpc) is 2.63. The van der Waals surface area contributed by atoms with Crippen LogP contribution in [-0.4, -0.2) is 23.5 Å². The number of amides is 3. The molecule has 1 atom stereocenters. The second-order valence-electron chi connectivity index (χ2n) is 6.14. The van der Waals surface area contributed by atoms with Crippen LogP contribution < -0.4 is 4.90 Å². The molecule has 0 saturated carbocycles. The van der Waals surface area contributed by atoms with Gasteiger partial charge in [0.05, 0.1) is 17.2 Å². The summed E-state index contributed by atoms with van der Waals surface area (Å²) in [7, 11) is 0. The molecule has 1 fully saturated rings. The van der Waals surface area contributed by atoms with Gasteiger partial charge in [-0.1, -0.05) is 30.3 Å². The van der Waals surface area contributed by atoms with E-state index in [9.17, 15) is 14.4 Å². The molecule has 1 aromatic rings.